The summed E-state index contributed by atoms with van der Waals surface area (Å²) in [5, 5.41) is 0. The molecule has 0 amide bonds. The van der Waals surface area contributed by atoms with E-state index in [1.54, 1.807) is 0 Å². The van der Waals surface area contributed by atoms with E-state index in [2.05, 4.69) is 18.2 Å². The molecule has 8 aromatic rings. The van der Waals surface area contributed by atoms with E-state index in [0.717, 1.165) is 44.5 Å². The minimum Gasteiger partial charge on any atom is -0.208 e. The number of hydrogen-bond acceptors (Lipinski definition) is 6. The summed E-state index contributed by atoms with van der Waals surface area (Å²) in [6.45, 7) is 0. The van der Waals surface area contributed by atoms with Gasteiger partial charge in [-0.15, -0.1) is 0 Å². The Hall–Kier alpha value is -6.66. The first kappa shape index (κ1) is 28.8. The molecule has 0 spiro atoms. The second-order valence-electron chi connectivity index (χ2n) is 11.2. The van der Waals surface area contributed by atoms with E-state index in [0.29, 0.717) is 34.9 Å². The van der Waals surface area contributed by atoms with Crippen molar-refractivity contribution in [1.29, 1.82) is 0 Å². The van der Waals surface area contributed by atoms with Crippen LogP contribution < -0.4 is 0 Å². The van der Waals surface area contributed by atoms with E-state index < -0.39 is 0 Å². The number of rotatable bonds is 7. The molecule has 0 aliphatic heterocycles. The van der Waals surface area contributed by atoms with E-state index in [9.17, 15) is 0 Å². The SMILES string of the molecule is c1ccc(-c2nc(-c3ccccc3)nc(-c3cccc(-c4ccccc4)c3-c3nc(-c4ccccc4)nc(-c4ccccc4)n3)n2)cc1. The number of aromatic nitrogens is 6. The van der Waals surface area contributed by atoms with Gasteiger partial charge in [0.25, 0.3) is 0 Å². The molecule has 8 rings (SSSR count). The van der Waals surface area contributed by atoms with Crippen LogP contribution in [0.5, 0.6) is 0 Å². The fraction of sp³-hybridized carbons (Fsp3) is 0. The quantitative estimate of drug-likeness (QED) is 0.177. The topological polar surface area (TPSA) is 77.3 Å². The van der Waals surface area contributed by atoms with Gasteiger partial charge >= 0.3 is 0 Å². The molecule has 0 atom stereocenters. The van der Waals surface area contributed by atoms with E-state index in [-0.39, 0.29) is 0 Å². The molecule has 226 valence electrons. The van der Waals surface area contributed by atoms with Gasteiger partial charge in [0.15, 0.2) is 34.9 Å². The summed E-state index contributed by atoms with van der Waals surface area (Å²) in [7, 11) is 0. The molecule has 0 aliphatic carbocycles. The molecular formula is C42H28N6. The molecule has 0 N–H and O–H groups in total. The molecule has 2 aromatic heterocycles. The van der Waals surface area contributed by atoms with Gasteiger partial charge in [0, 0.05) is 33.4 Å². The Morgan fingerprint density at radius 2 is 0.500 bits per heavy atom. The zero-order chi connectivity index (χ0) is 32.1. The van der Waals surface area contributed by atoms with Crippen molar-refractivity contribution in [2.45, 2.75) is 0 Å². The summed E-state index contributed by atoms with van der Waals surface area (Å²) in [6, 6.07) is 56.4. The van der Waals surface area contributed by atoms with Crippen LogP contribution in [0, 0.1) is 0 Å². The van der Waals surface area contributed by atoms with Crippen molar-refractivity contribution in [2.75, 3.05) is 0 Å². The molecule has 6 aromatic carbocycles. The van der Waals surface area contributed by atoms with Crippen molar-refractivity contribution in [3.8, 4) is 79.5 Å². The van der Waals surface area contributed by atoms with Crippen LogP contribution in [0.3, 0.4) is 0 Å². The Balaban J connectivity index is 1.43. The molecule has 0 bridgehead atoms. The van der Waals surface area contributed by atoms with Crippen LogP contribution in [0.1, 0.15) is 0 Å². The molecule has 48 heavy (non-hydrogen) atoms. The molecule has 0 aliphatic rings. The minimum atomic E-state index is 0.526. The highest BCUT2D eigenvalue weighted by atomic mass is 15.1. The average Bonchev–Trinajstić information content (AvgIpc) is 3.19. The summed E-state index contributed by atoms with van der Waals surface area (Å²) in [5.41, 5.74) is 7.18. The lowest BCUT2D eigenvalue weighted by molar-refractivity contribution is 1.06. The summed E-state index contributed by atoms with van der Waals surface area (Å²) in [4.78, 5) is 30.3. The van der Waals surface area contributed by atoms with Gasteiger partial charge in [-0.3, -0.25) is 0 Å². The van der Waals surface area contributed by atoms with Gasteiger partial charge in [-0.05, 0) is 11.1 Å². The molecule has 0 fully saturated rings. The Labute approximate surface area is 278 Å². The zero-order valence-electron chi connectivity index (χ0n) is 25.8. The smallest absolute Gasteiger partial charge is 0.165 e. The first-order valence-electron chi connectivity index (χ1n) is 15.7. The second-order valence-corrected chi connectivity index (χ2v) is 11.2. The van der Waals surface area contributed by atoms with Crippen molar-refractivity contribution >= 4 is 0 Å². The third-order valence-corrected chi connectivity index (χ3v) is 8.01. The summed E-state index contributed by atoms with van der Waals surface area (Å²) in [5.74, 6) is 3.39. The Kier molecular flexibility index (Phi) is 7.79. The van der Waals surface area contributed by atoms with E-state index in [1.807, 2.05) is 152 Å². The van der Waals surface area contributed by atoms with E-state index in [1.165, 1.54) is 0 Å². The van der Waals surface area contributed by atoms with Crippen LogP contribution in [0.25, 0.3) is 79.5 Å². The van der Waals surface area contributed by atoms with Crippen molar-refractivity contribution in [1.82, 2.24) is 29.9 Å². The van der Waals surface area contributed by atoms with Gasteiger partial charge in [-0.25, -0.2) is 29.9 Å². The third-order valence-electron chi connectivity index (χ3n) is 8.01. The van der Waals surface area contributed by atoms with Crippen LogP contribution in [-0.4, -0.2) is 29.9 Å². The molecule has 6 nitrogen and oxygen atoms in total. The maximum Gasteiger partial charge on any atom is 0.165 e. The molecule has 0 saturated heterocycles. The lowest BCUT2D eigenvalue weighted by Gasteiger charge is -2.16. The second kappa shape index (κ2) is 13.0. The average molecular weight is 617 g/mol. The molecule has 0 unspecified atom stereocenters. The van der Waals surface area contributed by atoms with Gasteiger partial charge in [-0.2, -0.15) is 0 Å². The van der Waals surface area contributed by atoms with Gasteiger partial charge in [-0.1, -0.05) is 170 Å². The predicted octanol–water partition coefficient (Wildman–Crippen LogP) is 9.73. The van der Waals surface area contributed by atoms with Crippen LogP contribution >= 0.6 is 0 Å². The highest BCUT2D eigenvalue weighted by Crippen LogP contribution is 2.39. The number of benzene rings is 6. The van der Waals surface area contributed by atoms with Crippen LogP contribution in [0.2, 0.25) is 0 Å². The summed E-state index contributed by atoms with van der Waals surface area (Å²) in [6.07, 6.45) is 0. The third kappa shape index (κ3) is 5.86. The molecule has 0 radical (unpaired) electrons. The van der Waals surface area contributed by atoms with Crippen LogP contribution in [-0.2, 0) is 0 Å². The highest BCUT2D eigenvalue weighted by Gasteiger charge is 2.22. The lowest BCUT2D eigenvalue weighted by atomic mass is 9.94. The van der Waals surface area contributed by atoms with Crippen molar-refractivity contribution in [3.05, 3.63) is 170 Å². The van der Waals surface area contributed by atoms with Crippen molar-refractivity contribution in [3.63, 3.8) is 0 Å². The standard InChI is InChI=1S/C42H28N6/c1-6-17-29(18-7-1)34-27-16-28-35(41-45-37(30-19-8-2-9-20-30)43-38(46-41)31-21-10-3-11-22-31)36(34)42-47-39(32-23-12-4-13-24-32)44-40(48-42)33-25-14-5-15-26-33/h1-28H. The Morgan fingerprint density at radius 1 is 0.208 bits per heavy atom. The van der Waals surface area contributed by atoms with Crippen LogP contribution in [0.15, 0.2) is 170 Å². The van der Waals surface area contributed by atoms with Crippen LogP contribution in [0.4, 0.5) is 0 Å². The maximum absolute atomic E-state index is 5.14. The first-order chi connectivity index (χ1) is 23.8. The van der Waals surface area contributed by atoms with Crippen molar-refractivity contribution in [2.24, 2.45) is 0 Å². The van der Waals surface area contributed by atoms with Gasteiger partial charge < -0.3 is 0 Å². The highest BCUT2D eigenvalue weighted by molar-refractivity contribution is 5.92. The maximum atomic E-state index is 5.14. The molecular weight excluding hydrogens is 589 g/mol. The zero-order valence-corrected chi connectivity index (χ0v) is 25.8. The van der Waals surface area contributed by atoms with Gasteiger partial charge in [0.2, 0.25) is 0 Å². The summed E-state index contributed by atoms with van der Waals surface area (Å²) >= 11 is 0. The minimum absolute atomic E-state index is 0.526. The molecule has 6 heteroatoms. The molecule has 0 saturated carbocycles. The van der Waals surface area contributed by atoms with Crippen molar-refractivity contribution < 1.29 is 0 Å². The fourth-order valence-corrected chi connectivity index (χ4v) is 5.69. The number of hydrogen-bond donors (Lipinski definition) is 0. The lowest BCUT2D eigenvalue weighted by Crippen LogP contribution is -2.05. The summed E-state index contributed by atoms with van der Waals surface area (Å²) < 4.78 is 0. The van der Waals surface area contributed by atoms with Gasteiger partial charge in [0.1, 0.15) is 0 Å². The normalized spacial score (nSPS) is 10.9. The van der Waals surface area contributed by atoms with E-state index >= 15 is 0 Å². The first-order valence-corrected chi connectivity index (χ1v) is 15.7. The Morgan fingerprint density at radius 3 is 0.875 bits per heavy atom. The van der Waals surface area contributed by atoms with Gasteiger partial charge in [0.05, 0.1) is 0 Å². The predicted molar refractivity (Wildman–Crippen MR) is 191 cm³/mol. The van der Waals surface area contributed by atoms with E-state index in [4.69, 9.17) is 29.9 Å². The monoisotopic (exact) mass is 616 g/mol. The fourth-order valence-electron chi connectivity index (χ4n) is 5.69. The Bertz CT molecular complexity index is 2200. The largest absolute Gasteiger partial charge is 0.208 e. The molecule has 2 heterocycles. The number of nitrogens with zero attached hydrogens (tertiary/aromatic N) is 6.